The minimum Gasteiger partial charge on any atom is -0.340 e. The molecule has 2 rings (SSSR count). The molecule has 0 aromatic heterocycles. The molecule has 1 aliphatic rings. The van der Waals surface area contributed by atoms with Gasteiger partial charge in [0.15, 0.2) is 0 Å². The first-order valence-electron chi connectivity index (χ1n) is 6.37. The number of halogens is 2. The van der Waals surface area contributed by atoms with Gasteiger partial charge in [-0.2, -0.15) is 0 Å². The Morgan fingerprint density at radius 3 is 2.84 bits per heavy atom. The van der Waals surface area contributed by atoms with E-state index in [2.05, 4.69) is 5.32 Å². The Balaban J connectivity index is 2.10. The highest BCUT2D eigenvalue weighted by molar-refractivity contribution is 6.42. The van der Waals surface area contributed by atoms with Gasteiger partial charge in [-0.05, 0) is 37.9 Å². The van der Waals surface area contributed by atoms with E-state index in [1.165, 1.54) is 0 Å². The first kappa shape index (κ1) is 14.6. The van der Waals surface area contributed by atoms with Crippen molar-refractivity contribution in [3.63, 3.8) is 0 Å². The van der Waals surface area contributed by atoms with Gasteiger partial charge < -0.3 is 10.2 Å². The summed E-state index contributed by atoms with van der Waals surface area (Å²) in [4.78, 5) is 14.2. The molecule has 1 aromatic carbocycles. The molecule has 1 atom stereocenters. The van der Waals surface area contributed by atoms with Gasteiger partial charge in [0.1, 0.15) is 0 Å². The van der Waals surface area contributed by atoms with Crippen molar-refractivity contribution < 1.29 is 4.79 Å². The minimum absolute atomic E-state index is 0.0982. The first-order valence-corrected chi connectivity index (χ1v) is 7.13. The van der Waals surface area contributed by atoms with Crippen molar-refractivity contribution in [2.24, 2.45) is 0 Å². The molecule has 1 saturated heterocycles. The largest absolute Gasteiger partial charge is 0.340 e. The van der Waals surface area contributed by atoms with Crippen molar-refractivity contribution in [3.05, 3.63) is 33.8 Å². The maximum absolute atomic E-state index is 12.5. The van der Waals surface area contributed by atoms with Gasteiger partial charge in [-0.15, -0.1) is 0 Å². The van der Waals surface area contributed by atoms with E-state index < -0.39 is 5.54 Å². The lowest BCUT2D eigenvalue weighted by Gasteiger charge is -2.29. The van der Waals surface area contributed by atoms with E-state index in [1.807, 2.05) is 19.1 Å². The lowest BCUT2D eigenvalue weighted by molar-refractivity contribution is -0.136. The van der Waals surface area contributed by atoms with Crippen LogP contribution in [0.15, 0.2) is 18.2 Å². The van der Waals surface area contributed by atoms with Gasteiger partial charge in [0.25, 0.3) is 0 Å². The average Bonchev–Trinajstić information content (AvgIpc) is 2.82. The Hall–Kier alpha value is -0.770. The molecule has 104 valence electrons. The Kier molecular flexibility index (Phi) is 4.39. The summed E-state index contributed by atoms with van der Waals surface area (Å²) in [6.45, 7) is 3.32. The number of likely N-dealkylation sites (N-methyl/N-ethyl adjacent to an activating group) is 1. The summed E-state index contributed by atoms with van der Waals surface area (Å²) in [6, 6.07) is 5.48. The van der Waals surface area contributed by atoms with Crippen LogP contribution in [0.3, 0.4) is 0 Å². The number of hydrogen-bond donors (Lipinski definition) is 1. The molecule has 1 unspecified atom stereocenters. The molecule has 3 nitrogen and oxygen atoms in total. The minimum atomic E-state index is -0.445. The number of rotatable bonds is 3. The number of nitrogens with zero attached hydrogens (tertiary/aromatic N) is 1. The molecule has 1 N–H and O–H groups in total. The van der Waals surface area contributed by atoms with Crippen LogP contribution in [0.1, 0.15) is 25.3 Å². The molecule has 1 heterocycles. The highest BCUT2D eigenvalue weighted by atomic mass is 35.5. The van der Waals surface area contributed by atoms with Crippen molar-refractivity contribution in [2.75, 3.05) is 13.6 Å². The van der Waals surface area contributed by atoms with Crippen molar-refractivity contribution in [1.82, 2.24) is 10.2 Å². The molecule has 1 aliphatic heterocycles. The molecule has 1 fully saturated rings. The van der Waals surface area contributed by atoms with E-state index in [0.717, 1.165) is 24.9 Å². The smallest absolute Gasteiger partial charge is 0.242 e. The molecule has 0 radical (unpaired) electrons. The zero-order valence-corrected chi connectivity index (χ0v) is 12.7. The third-order valence-electron chi connectivity index (χ3n) is 3.63. The van der Waals surface area contributed by atoms with Gasteiger partial charge in [0.2, 0.25) is 5.91 Å². The topological polar surface area (TPSA) is 32.3 Å². The van der Waals surface area contributed by atoms with Crippen LogP contribution in [0.4, 0.5) is 0 Å². The monoisotopic (exact) mass is 300 g/mol. The van der Waals surface area contributed by atoms with Gasteiger partial charge >= 0.3 is 0 Å². The summed E-state index contributed by atoms with van der Waals surface area (Å²) in [6.07, 6.45) is 1.91. The fraction of sp³-hybridized carbons (Fsp3) is 0.500. The molecule has 1 aromatic rings. The predicted molar refractivity (Wildman–Crippen MR) is 78.6 cm³/mol. The van der Waals surface area contributed by atoms with E-state index in [0.29, 0.717) is 16.6 Å². The van der Waals surface area contributed by atoms with Gasteiger partial charge in [0.05, 0.1) is 15.6 Å². The van der Waals surface area contributed by atoms with Crippen LogP contribution in [0.25, 0.3) is 0 Å². The molecule has 0 aliphatic carbocycles. The van der Waals surface area contributed by atoms with Crippen molar-refractivity contribution in [1.29, 1.82) is 0 Å². The van der Waals surface area contributed by atoms with Crippen molar-refractivity contribution in [2.45, 2.75) is 31.8 Å². The Labute approximate surface area is 123 Å². The van der Waals surface area contributed by atoms with Gasteiger partial charge in [-0.1, -0.05) is 35.3 Å². The van der Waals surface area contributed by atoms with E-state index in [1.54, 1.807) is 18.0 Å². The Morgan fingerprint density at radius 2 is 2.21 bits per heavy atom. The Morgan fingerprint density at radius 1 is 1.47 bits per heavy atom. The third kappa shape index (κ3) is 3.04. The molecule has 0 bridgehead atoms. The number of nitrogens with one attached hydrogen (secondary N) is 1. The molecule has 5 heteroatoms. The van der Waals surface area contributed by atoms with Gasteiger partial charge in [-0.25, -0.2) is 0 Å². The summed E-state index contributed by atoms with van der Waals surface area (Å²) >= 11 is 12.1. The maximum Gasteiger partial charge on any atom is 0.242 e. The number of carbonyl (C=O) groups is 1. The number of amides is 1. The van der Waals surface area contributed by atoms with Crippen LogP contribution in [-0.2, 0) is 11.3 Å². The second kappa shape index (κ2) is 5.70. The fourth-order valence-corrected chi connectivity index (χ4v) is 2.88. The number of benzene rings is 1. The average molecular weight is 301 g/mol. The summed E-state index contributed by atoms with van der Waals surface area (Å²) in [5, 5.41) is 4.32. The van der Waals surface area contributed by atoms with Crippen LogP contribution in [0, 0.1) is 0 Å². The zero-order valence-electron chi connectivity index (χ0n) is 11.2. The highest BCUT2D eigenvalue weighted by Crippen LogP contribution is 2.27. The lowest BCUT2D eigenvalue weighted by Crippen LogP contribution is -2.51. The summed E-state index contributed by atoms with van der Waals surface area (Å²) in [7, 11) is 1.80. The number of carbonyl (C=O) groups excluding carboxylic acids is 1. The van der Waals surface area contributed by atoms with E-state index in [-0.39, 0.29) is 5.91 Å². The second-order valence-electron chi connectivity index (χ2n) is 5.24. The standard InChI is InChI=1S/C14H18Cl2N2O/c1-14(7-4-8-17-14)13(19)18(2)9-10-5-3-6-11(15)12(10)16/h3,5-6,17H,4,7-9H2,1-2H3. The lowest BCUT2D eigenvalue weighted by atomic mass is 9.98. The fourth-order valence-electron chi connectivity index (χ4n) is 2.50. The normalized spacial score (nSPS) is 22.5. The van der Waals surface area contributed by atoms with Crippen molar-refractivity contribution in [3.8, 4) is 0 Å². The highest BCUT2D eigenvalue weighted by Gasteiger charge is 2.37. The van der Waals surface area contributed by atoms with Crippen LogP contribution >= 0.6 is 23.2 Å². The van der Waals surface area contributed by atoms with Crippen LogP contribution in [0.2, 0.25) is 10.0 Å². The molecule has 1 amide bonds. The van der Waals surface area contributed by atoms with E-state index in [4.69, 9.17) is 23.2 Å². The molecule has 0 saturated carbocycles. The first-order chi connectivity index (χ1) is 8.94. The van der Waals surface area contributed by atoms with Gasteiger partial charge in [-0.3, -0.25) is 4.79 Å². The molecule has 19 heavy (non-hydrogen) atoms. The third-order valence-corrected chi connectivity index (χ3v) is 4.48. The van der Waals surface area contributed by atoms with E-state index in [9.17, 15) is 4.79 Å². The predicted octanol–water partition coefficient (Wildman–Crippen LogP) is 3.09. The van der Waals surface area contributed by atoms with Crippen molar-refractivity contribution >= 4 is 29.1 Å². The molecular formula is C14H18Cl2N2O. The quantitative estimate of drug-likeness (QED) is 0.930. The van der Waals surface area contributed by atoms with Gasteiger partial charge in [0, 0.05) is 13.6 Å². The number of hydrogen-bond acceptors (Lipinski definition) is 2. The van der Waals surface area contributed by atoms with Crippen LogP contribution < -0.4 is 5.32 Å². The Bertz CT molecular complexity index is 484. The zero-order chi connectivity index (χ0) is 14.0. The SMILES string of the molecule is CN(Cc1cccc(Cl)c1Cl)C(=O)C1(C)CCCN1. The second-order valence-corrected chi connectivity index (χ2v) is 6.02. The summed E-state index contributed by atoms with van der Waals surface area (Å²) in [5.74, 6) is 0.0982. The maximum atomic E-state index is 12.5. The summed E-state index contributed by atoms with van der Waals surface area (Å²) in [5.41, 5.74) is 0.423. The van der Waals surface area contributed by atoms with Crippen LogP contribution in [0.5, 0.6) is 0 Å². The molecular weight excluding hydrogens is 283 g/mol. The van der Waals surface area contributed by atoms with E-state index >= 15 is 0 Å². The van der Waals surface area contributed by atoms with Crippen LogP contribution in [-0.4, -0.2) is 29.9 Å². The molecule has 0 spiro atoms. The summed E-state index contributed by atoms with van der Waals surface area (Å²) < 4.78 is 0.